The van der Waals surface area contributed by atoms with Gasteiger partial charge in [-0.2, -0.15) is 4.31 Å². The molecule has 1 saturated carbocycles. The second-order valence-electron chi connectivity index (χ2n) is 10.8. The normalized spacial score (nSPS) is 17.2. The molecule has 1 aliphatic heterocycles. The number of carbonyl (C=O) groups is 1. The van der Waals surface area contributed by atoms with E-state index < -0.39 is 10.0 Å². The third-order valence-corrected chi connectivity index (χ3v) is 10.5. The minimum atomic E-state index is -3.94. The molecule has 9 heteroatoms. The quantitative estimate of drug-likeness (QED) is 0.322. The predicted molar refractivity (Wildman–Crippen MR) is 162 cm³/mol. The number of hydrogen-bond donors (Lipinski definition) is 0. The van der Waals surface area contributed by atoms with Crippen LogP contribution in [-0.2, 0) is 14.8 Å². The van der Waals surface area contributed by atoms with E-state index in [1.807, 2.05) is 17.0 Å². The molecule has 218 valence electrons. The van der Waals surface area contributed by atoms with Crippen LogP contribution in [0.25, 0.3) is 0 Å². The summed E-state index contributed by atoms with van der Waals surface area (Å²) in [6.45, 7) is 2.32. The topological polar surface area (TPSA) is 70.2 Å². The minimum Gasteiger partial charge on any atom is -0.495 e. The molecule has 1 heterocycles. The zero-order valence-corrected chi connectivity index (χ0v) is 25.1. The number of methoxy groups -OCH3 is 1. The molecule has 0 bridgehead atoms. The first-order valence-electron chi connectivity index (χ1n) is 14.4. The van der Waals surface area contributed by atoms with Crippen molar-refractivity contribution in [1.29, 1.82) is 0 Å². The van der Waals surface area contributed by atoms with E-state index in [9.17, 15) is 13.2 Å². The fraction of sp³-hybridized carbons (Fsp3) is 0.406. The summed E-state index contributed by atoms with van der Waals surface area (Å²) in [5, 5.41) is 0.228. The first kappa shape index (κ1) is 29.6. The van der Waals surface area contributed by atoms with E-state index in [4.69, 9.17) is 16.3 Å². The van der Waals surface area contributed by atoms with Gasteiger partial charge >= 0.3 is 0 Å². The summed E-state index contributed by atoms with van der Waals surface area (Å²) < 4.78 is 34.4. The summed E-state index contributed by atoms with van der Waals surface area (Å²) in [6, 6.07) is 25.2. The Morgan fingerprint density at radius 1 is 0.902 bits per heavy atom. The molecule has 1 aliphatic carbocycles. The van der Waals surface area contributed by atoms with Crippen LogP contribution in [0.1, 0.15) is 49.3 Å². The summed E-state index contributed by atoms with van der Waals surface area (Å²) in [5.74, 6) is 0.252. The molecule has 1 amide bonds. The Labute approximate surface area is 248 Å². The van der Waals surface area contributed by atoms with E-state index in [0.717, 1.165) is 32.1 Å². The Balaban J connectivity index is 1.32. The van der Waals surface area contributed by atoms with Crippen LogP contribution in [0.15, 0.2) is 83.8 Å². The molecule has 0 spiro atoms. The van der Waals surface area contributed by atoms with Gasteiger partial charge in [0.25, 0.3) is 0 Å². The van der Waals surface area contributed by atoms with E-state index >= 15 is 0 Å². The van der Waals surface area contributed by atoms with Crippen LogP contribution in [-0.4, -0.2) is 74.3 Å². The first-order valence-corrected chi connectivity index (χ1v) is 16.2. The Morgan fingerprint density at radius 2 is 1.49 bits per heavy atom. The number of hydrogen-bond acceptors (Lipinski definition) is 5. The highest BCUT2D eigenvalue weighted by Gasteiger charge is 2.36. The third kappa shape index (κ3) is 6.78. The van der Waals surface area contributed by atoms with Gasteiger partial charge in [0, 0.05) is 32.2 Å². The molecule has 0 radical (unpaired) electrons. The molecule has 3 aromatic rings. The van der Waals surface area contributed by atoms with Crippen LogP contribution in [0.4, 0.5) is 0 Å². The number of piperazine rings is 1. The molecule has 1 saturated heterocycles. The monoisotopic (exact) mass is 595 g/mol. The van der Waals surface area contributed by atoms with Crippen molar-refractivity contribution in [2.24, 2.45) is 0 Å². The van der Waals surface area contributed by atoms with Crippen molar-refractivity contribution in [1.82, 2.24) is 14.1 Å². The molecule has 0 aromatic heterocycles. The van der Waals surface area contributed by atoms with Crippen LogP contribution in [0.2, 0.25) is 5.02 Å². The molecule has 7 nitrogen and oxygen atoms in total. The Kier molecular flexibility index (Phi) is 9.65. The Bertz CT molecular complexity index is 1370. The molecule has 0 unspecified atom stereocenters. The van der Waals surface area contributed by atoms with Gasteiger partial charge in [-0.1, -0.05) is 91.5 Å². The highest BCUT2D eigenvalue weighted by Crippen LogP contribution is 2.33. The second-order valence-corrected chi connectivity index (χ2v) is 13.1. The number of rotatable bonds is 9. The number of nitrogens with zero attached hydrogens (tertiary/aromatic N) is 3. The molecule has 0 atom stereocenters. The number of amides is 1. The molecular weight excluding hydrogens is 558 g/mol. The third-order valence-electron chi connectivity index (χ3n) is 8.27. The lowest BCUT2D eigenvalue weighted by Crippen LogP contribution is -2.54. The minimum absolute atomic E-state index is 0.0834. The number of sulfonamides is 1. The number of benzene rings is 3. The van der Waals surface area contributed by atoms with Crippen molar-refractivity contribution in [3.63, 3.8) is 0 Å². The Hall–Kier alpha value is -2.91. The van der Waals surface area contributed by atoms with Crippen LogP contribution >= 0.6 is 11.6 Å². The average molecular weight is 596 g/mol. The van der Waals surface area contributed by atoms with E-state index in [2.05, 4.69) is 53.4 Å². The lowest BCUT2D eigenvalue weighted by Gasteiger charge is -2.41. The van der Waals surface area contributed by atoms with Gasteiger partial charge in [0.1, 0.15) is 5.75 Å². The van der Waals surface area contributed by atoms with Gasteiger partial charge in [-0.15, -0.1) is 0 Å². The maximum absolute atomic E-state index is 13.9. The van der Waals surface area contributed by atoms with Crippen molar-refractivity contribution < 1.29 is 17.9 Å². The van der Waals surface area contributed by atoms with Crippen molar-refractivity contribution in [3.05, 3.63) is 95.0 Å². The summed E-state index contributed by atoms with van der Waals surface area (Å²) in [7, 11) is -2.45. The maximum Gasteiger partial charge on any atom is 0.243 e. The molecule has 5 rings (SSSR count). The standard InChI is InChI=1S/C32H38ClN3O4S/c1-40-30-18-17-28(23-29(30)33)41(38,39)36(27-15-9-4-10-16-27)24-31(37)34-19-21-35(22-20-34)32(25-11-5-2-6-12-25)26-13-7-3-8-14-26/h2-3,5-8,11-14,17-18,23,27,32H,4,9-10,15-16,19-22,24H2,1H3. The van der Waals surface area contributed by atoms with E-state index in [-0.39, 0.29) is 34.5 Å². The smallest absolute Gasteiger partial charge is 0.243 e. The van der Waals surface area contributed by atoms with Crippen molar-refractivity contribution >= 4 is 27.5 Å². The molecular formula is C32H38ClN3O4S. The Morgan fingerprint density at radius 3 is 2.02 bits per heavy atom. The van der Waals surface area contributed by atoms with Crippen molar-refractivity contribution in [2.75, 3.05) is 39.8 Å². The highest BCUT2D eigenvalue weighted by molar-refractivity contribution is 7.89. The van der Waals surface area contributed by atoms with Gasteiger partial charge in [-0.05, 0) is 42.2 Å². The maximum atomic E-state index is 13.9. The van der Waals surface area contributed by atoms with Gasteiger partial charge in [0.2, 0.25) is 15.9 Å². The fourth-order valence-corrected chi connectivity index (χ4v) is 8.05. The second kappa shape index (κ2) is 13.4. The lowest BCUT2D eigenvalue weighted by atomic mass is 9.95. The summed E-state index contributed by atoms with van der Waals surface area (Å²) in [4.78, 5) is 18.0. The largest absolute Gasteiger partial charge is 0.495 e. The molecule has 2 aliphatic rings. The van der Waals surface area contributed by atoms with E-state index in [1.54, 1.807) is 6.07 Å². The van der Waals surface area contributed by atoms with Gasteiger partial charge in [0.15, 0.2) is 0 Å². The van der Waals surface area contributed by atoms with E-state index in [0.29, 0.717) is 31.9 Å². The number of carbonyl (C=O) groups excluding carboxylic acids is 1. The highest BCUT2D eigenvalue weighted by atomic mass is 35.5. The van der Waals surface area contributed by atoms with Crippen LogP contribution in [0, 0.1) is 0 Å². The van der Waals surface area contributed by atoms with Gasteiger partial charge in [-0.3, -0.25) is 9.69 Å². The molecule has 3 aromatic carbocycles. The van der Waals surface area contributed by atoms with Crippen LogP contribution < -0.4 is 4.74 Å². The van der Waals surface area contributed by atoms with Gasteiger partial charge < -0.3 is 9.64 Å². The average Bonchev–Trinajstić information content (AvgIpc) is 3.01. The molecule has 41 heavy (non-hydrogen) atoms. The zero-order chi connectivity index (χ0) is 28.8. The van der Waals surface area contributed by atoms with E-state index in [1.165, 1.54) is 34.7 Å². The lowest BCUT2D eigenvalue weighted by molar-refractivity contribution is -0.133. The summed E-state index contributed by atoms with van der Waals surface area (Å²) in [6.07, 6.45) is 4.49. The van der Waals surface area contributed by atoms with Gasteiger partial charge in [0.05, 0.1) is 29.6 Å². The number of ether oxygens (including phenoxy) is 1. The number of halogens is 1. The SMILES string of the molecule is COc1ccc(S(=O)(=O)N(CC(=O)N2CCN(C(c3ccccc3)c3ccccc3)CC2)C2CCCCC2)cc1Cl. The van der Waals surface area contributed by atoms with Crippen molar-refractivity contribution in [3.8, 4) is 5.75 Å². The summed E-state index contributed by atoms with van der Waals surface area (Å²) in [5.41, 5.74) is 2.43. The fourth-order valence-electron chi connectivity index (χ4n) is 6.07. The van der Waals surface area contributed by atoms with Gasteiger partial charge in [-0.25, -0.2) is 8.42 Å². The molecule has 0 N–H and O–H groups in total. The zero-order valence-electron chi connectivity index (χ0n) is 23.5. The molecule has 2 fully saturated rings. The van der Waals surface area contributed by atoms with Crippen LogP contribution in [0.5, 0.6) is 5.75 Å². The predicted octanol–water partition coefficient (Wildman–Crippen LogP) is 5.61. The summed E-state index contributed by atoms with van der Waals surface area (Å²) >= 11 is 6.29. The van der Waals surface area contributed by atoms with Crippen LogP contribution in [0.3, 0.4) is 0 Å². The van der Waals surface area contributed by atoms with Crippen molar-refractivity contribution in [2.45, 2.75) is 49.1 Å². The first-order chi connectivity index (χ1) is 19.9.